The van der Waals surface area contributed by atoms with Crippen LogP contribution in [0.4, 0.5) is 5.69 Å². The second-order valence-corrected chi connectivity index (χ2v) is 6.05. The number of nitrogens with zero attached hydrogens (tertiary/aromatic N) is 3. The SMILES string of the molecule is C#CCn1nc(CNC(=O)c2cccc([N+](=O)[O-])c2C)c2ccccc2c1=O. The minimum Gasteiger partial charge on any atom is -0.346 e. The third kappa shape index (κ3) is 3.46. The van der Waals surface area contributed by atoms with Gasteiger partial charge in [-0.25, -0.2) is 4.68 Å². The van der Waals surface area contributed by atoms with Crippen molar-refractivity contribution in [3.63, 3.8) is 0 Å². The summed E-state index contributed by atoms with van der Waals surface area (Å²) >= 11 is 0. The van der Waals surface area contributed by atoms with Crippen LogP contribution in [-0.2, 0) is 13.1 Å². The van der Waals surface area contributed by atoms with E-state index >= 15 is 0 Å². The third-order valence-electron chi connectivity index (χ3n) is 4.35. The van der Waals surface area contributed by atoms with Crippen molar-refractivity contribution in [2.24, 2.45) is 0 Å². The molecule has 8 heteroatoms. The predicted molar refractivity (Wildman–Crippen MR) is 104 cm³/mol. The minimum atomic E-state index is -0.531. The first-order chi connectivity index (χ1) is 13.4. The summed E-state index contributed by atoms with van der Waals surface area (Å²) in [5.41, 5.74) is 0.523. The molecule has 3 rings (SSSR count). The number of rotatable bonds is 5. The molecule has 140 valence electrons. The molecule has 0 spiro atoms. The lowest BCUT2D eigenvalue weighted by Crippen LogP contribution is -2.28. The maximum Gasteiger partial charge on any atom is 0.275 e. The Balaban J connectivity index is 1.94. The van der Waals surface area contributed by atoms with Crippen LogP contribution in [0.3, 0.4) is 0 Å². The van der Waals surface area contributed by atoms with Crippen molar-refractivity contribution in [2.45, 2.75) is 20.0 Å². The standard InChI is InChI=1S/C20H16N4O4/c1-3-11-23-20(26)16-8-5-4-7-15(16)17(22-23)12-21-19(25)14-9-6-10-18(13(14)2)24(27)28/h1,4-10H,11-12H2,2H3,(H,21,25). The molecule has 1 amide bonds. The second-order valence-electron chi connectivity index (χ2n) is 6.05. The molecule has 0 aliphatic rings. The molecule has 2 aromatic carbocycles. The van der Waals surface area contributed by atoms with Crippen LogP contribution in [0, 0.1) is 29.4 Å². The number of carbonyl (C=O) groups excluding carboxylic acids is 1. The van der Waals surface area contributed by atoms with Crippen LogP contribution in [0.2, 0.25) is 0 Å². The van der Waals surface area contributed by atoms with Crippen molar-refractivity contribution in [3.8, 4) is 12.3 Å². The van der Waals surface area contributed by atoms with Gasteiger partial charge < -0.3 is 5.32 Å². The van der Waals surface area contributed by atoms with Crippen LogP contribution >= 0.6 is 0 Å². The zero-order valence-electron chi connectivity index (χ0n) is 15.0. The highest BCUT2D eigenvalue weighted by Crippen LogP contribution is 2.21. The first-order valence-electron chi connectivity index (χ1n) is 8.38. The van der Waals surface area contributed by atoms with Crippen LogP contribution in [0.25, 0.3) is 10.8 Å². The quantitative estimate of drug-likeness (QED) is 0.417. The lowest BCUT2D eigenvalue weighted by atomic mass is 10.1. The van der Waals surface area contributed by atoms with Gasteiger partial charge in [0.05, 0.1) is 22.5 Å². The summed E-state index contributed by atoms with van der Waals surface area (Å²) in [5, 5.41) is 19.1. The van der Waals surface area contributed by atoms with Gasteiger partial charge in [0.25, 0.3) is 17.2 Å². The molecule has 0 saturated carbocycles. The Kier molecular flexibility index (Phi) is 5.18. The van der Waals surface area contributed by atoms with Crippen LogP contribution < -0.4 is 10.9 Å². The Morgan fingerprint density at radius 2 is 1.96 bits per heavy atom. The van der Waals surface area contributed by atoms with Crippen LogP contribution in [0.15, 0.2) is 47.3 Å². The number of benzene rings is 2. The fraction of sp³-hybridized carbons (Fsp3) is 0.150. The number of nitro benzene ring substituents is 1. The molecule has 0 aliphatic heterocycles. The molecule has 0 fully saturated rings. The third-order valence-corrected chi connectivity index (χ3v) is 4.35. The summed E-state index contributed by atoms with van der Waals surface area (Å²) in [7, 11) is 0. The van der Waals surface area contributed by atoms with E-state index in [2.05, 4.69) is 16.3 Å². The van der Waals surface area contributed by atoms with Crippen molar-refractivity contribution in [1.82, 2.24) is 15.1 Å². The molecule has 0 bridgehead atoms. The summed E-state index contributed by atoms with van der Waals surface area (Å²) in [5.74, 6) is 1.91. The van der Waals surface area contributed by atoms with E-state index in [-0.39, 0.29) is 35.5 Å². The number of hydrogen-bond acceptors (Lipinski definition) is 5. The van der Waals surface area contributed by atoms with Gasteiger partial charge in [0.15, 0.2) is 0 Å². The number of fused-ring (bicyclic) bond motifs is 1. The van der Waals surface area contributed by atoms with Crippen LogP contribution in [0.5, 0.6) is 0 Å². The first-order valence-corrected chi connectivity index (χ1v) is 8.38. The smallest absolute Gasteiger partial charge is 0.275 e. The lowest BCUT2D eigenvalue weighted by Gasteiger charge is -2.11. The molecular formula is C20H16N4O4. The molecular weight excluding hydrogens is 360 g/mol. The maximum atomic E-state index is 12.6. The first kappa shape index (κ1) is 18.8. The van der Waals surface area contributed by atoms with Gasteiger partial charge in [-0.05, 0) is 19.1 Å². The molecule has 28 heavy (non-hydrogen) atoms. The maximum absolute atomic E-state index is 12.6. The van der Waals surface area contributed by atoms with E-state index in [1.165, 1.54) is 29.8 Å². The van der Waals surface area contributed by atoms with Crippen LogP contribution in [-0.4, -0.2) is 20.6 Å². The number of terminal acetylenes is 1. The van der Waals surface area contributed by atoms with Gasteiger partial charge >= 0.3 is 0 Å². The Labute approximate surface area is 160 Å². The molecule has 3 aromatic rings. The Hall–Kier alpha value is -3.99. The minimum absolute atomic E-state index is 0.00853. The highest BCUT2D eigenvalue weighted by Gasteiger charge is 2.18. The van der Waals surface area contributed by atoms with Gasteiger partial charge in [0, 0.05) is 22.6 Å². The molecule has 1 heterocycles. The molecule has 8 nitrogen and oxygen atoms in total. The monoisotopic (exact) mass is 376 g/mol. The topological polar surface area (TPSA) is 107 Å². The van der Waals surface area contributed by atoms with Crippen molar-refractivity contribution < 1.29 is 9.72 Å². The Morgan fingerprint density at radius 3 is 2.64 bits per heavy atom. The fourth-order valence-electron chi connectivity index (χ4n) is 2.96. The van der Waals surface area contributed by atoms with Gasteiger partial charge in [-0.15, -0.1) is 6.42 Å². The number of nitrogens with one attached hydrogen (secondary N) is 1. The van der Waals surface area contributed by atoms with Gasteiger partial charge in [0.1, 0.15) is 6.54 Å². The second kappa shape index (κ2) is 7.72. The number of carbonyl (C=O) groups is 1. The van der Waals surface area contributed by atoms with E-state index in [0.717, 1.165) is 0 Å². The van der Waals surface area contributed by atoms with Crippen molar-refractivity contribution in [2.75, 3.05) is 0 Å². The molecule has 0 unspecified atom stereocenters. The van der Waals surface area contributed by atoms with Crippen molar-refractivity contribution in [1.29, 1.82) is 0 Å². The van der Waals surface area contributed by atoms with E-state index in [1.807, 2.05) is 0 Å². The van der Waals surface area contributed by atoms with Crippen molar-refractivity contribution in [3.05, 3.63) is 79.8 Å². The number of aromatic nitrogens is 2. The summed E-state index contributed by atoms with van der Waals surface area (Å²) in [6.07, 6.45) is 5.30. The normalized spacial score (nSPS) is 10.4. The highest BCUT2D eigenvalue weighted by molar-refractivity contribution is 5.96. The molecule has 1 N–H and O–H groups in total. The predicted octanol–water partition coefficient (Wildman–Crippen LogP) is 2.18. The molecule has 0 saturated heterocycles. The highest BCUT2D eigenvalue weighted by atomic mass is 16.6. The molecule has 0 atom stereocenters. The summed E-state index contributed by atoms with van der Waals surface area (Å²) in [6.45, 7) is 1.56. The van der Waals surface area contributed by atoms with E-state index in [4.69, 9.17) is 6.42 Å². The summed E-state index contributed by atoms with van der Waals surface area (Å²) in [4.78, 5) is 35.5. The average molecular weight is 376 g/mol. The van der Waals surface area contributed by atoms with E-state index in [1.54, 1.807) is 24.3 Å². The zero-order chi connectivity index (χ0) is 20.3. The van der Waals surface area contributed by atoms with Gasteiger partial charge in [-0.1, -0.05) is 30.2 Å². The number of nitro groups is 1. The van der Waals surface area contributed by atoms with Gasteiger partial charge in [0.2, 0.25) is 0 Å². The summed E-state index contributed by atoms with van der Waals surface area (Å²) in [6, 6.07) is 11.2. The zero-order valence-corrected chi connectivity index (χ0v) is 15.0. The van der Waals surface area contributed by atoms with Gasteiger partial charge in [-0.3, -0.25) is 19.7 Å². The van der Waals surface area contributed by atoms with E-state index in [9.17, 15) is 19.7 Å². The Bertz CT molecular complexity index is 1190. The lowest BCUT2D eigenvalue weighted by molar-refractivity contribution is -0.385. The van der Waals surface area contributed by atoms with E-state index in [0.29, 0.717) is 16.5 Å². The van der Waals surface area contributed by atoms with E-state index < -0.39 is 10.8 Å². The average Bonchev–Trinajstić information content (AvgIpc) is 2.69. The molecule has 0 aliphatic carbocycles. The fourth-order valence-corrected chi connectivity index (χ4v) is 2.96. The summed E-state index contributed by atoms with van der Waals surface area (Å²) < 4.78 is 1.17. The van der Waals surface area contributed by atoms with Gasteiger partial charge in [-0.2, -0.15) is 5.10 Å². The largest absolute Gasteiger partial charge is 0.346 e. The molecule has 0 radical (unpaired) electrons. The molecule has 1 aromatic heterocycles. The van der Waals surface area contributed by atoms with Crippen molar-refractivity contribution >= 4 is 22.4 Å². The number of amides is 1. The van der Waals surface area contributed by atoms with Crippen LogP contribution in [0.1, 0.15) is 21.6 Å². The Morgan fingerprint density at radius 1 is 1.25 bits per heavy atom. The number of hydrogen-bond donors (Lipinski definition) is 1.